The minimum atomic E-state index is -0.0485. The molecule has 1 aromatic carbocycles. The van der Waals surface area contributed by atoms with E-state index in [1.54, 1.807) is 0 Å². The van der Waals surface area contributed by atoms with Crippen LogP contribution in [0.4, 0.5) is 5.69 Å². The van der Waals surface area contributed by atoms with Crippen molar-refractivity contribution < 1.29 is 14.3 Å². The summed E-state index contributed by atoms with van der Waals surface area (Å²) in [6, 6.07) is 13.4. The Morgan fingerprint density at radius 2 is 1.84 bits per heavy atom. The number of rotatable bonds is 7. The fourth-order valence-electron chi connectivity index (χ4n) is 3.33. The summed E-state index contributed by atoms with van der Waals surface area (Å²) in [6.07, 6.45) is 3.76. The van der Waals surface area contributed by atoms with Gasteiger partial charge < -0.3 is 14.8 Å². The van der Waals surface area contributed by atoms with E-state index in [1.807, 2.05) is 42.5 Å². The first-order chi connectivity index (χ1) is 12.2. The number of likely N-dealkylation sites (tertiary alicyclic amines) is 1. The summed E-state index contributed by atoms with van der Waals surface area (Å²) in [5, 5.41) is 12.0. The average molecular weight is 342 g/mol. The number of amides is 1. The highest BCUT2D eigenvalue weighted by Gasteiger charge is 2.20. The highest BCUT2D eigenvalue weighted by atomic mass is 16.4. The van der Waals surface area contributed by atoms with E-state index in [2.05, 4.69) is 10.2 Å². The number of nitrogens with one attached hydrogen (secondary N) is 1. The van der Waals surface area contributed by atoms with Crippen LogP contribution in [0.3, 0.4) is 0 Å². The zero-order valence-electron chi connectivity index (χ0n) is 14.5. The molecule has 25 heavy (non-hydrogen) atoms. The van der Waals surface area contributed by atoms with Crippen LogP contribution in [0, 0.1) is 5.92 Å². The lowest BCUT2D eigenvalue weighted by Crippen LogP contribution is -2.33. The van der Waals surface area contributed by atoms with Crippen LogP contribution in [0.25, 0.3) is 0 Å². The number of aliphatic hydroxyl groups excluding tert-OH is 1. The van der Waals surface area contributed by atoms with Crippen LogP contribution in [0.5, 0.6) is 0 Å². The van der Waals surface area contributed by atoms with Gasteiger partial charge in [0.2, 0.25) is 5.91 Å². The molecule has 0 bridgehead atoms. The number of carbonyl (C=O) groups excluding carboxylic acids is 1. The van der Waals surface area contributed by atoms with E-state index in [9.17, 15) is 4.79 Å². The summed E-state index contributed by atoms with van der Waals surface area (Å²) in [7, 11) is 0. The summed E-state index contributed by atoms with van der Waals surface area (Å²) < 4.78 is 5.55. The van der Waals surface area contributed by atoms with Gasteiger partial charge in [0, 0.05) is 12.1 Å². The Labute approximate surface area is 148 Å². The second-order valence-electron chi connectivity index (χ2n) is 6.70. The number of aliphatic hydroxyl groups is 1. The molecule has 134 valence electrons. The van der Waals surface area contributed by atoms with Crippen molar-refractivity contribution >= 4 is 11.6 Å². The summed E-state index contributed by atoms with van der Waals surface area (Å²) in [6.45, 7) is 2.80. The number of para-hydroxylation sites is 1. The quantitative estimate of drug-likeness (QED) is 0.809. The maximum absolute atomic E-state index is 12.0. The molecule has 1 aliphatic heterocycles. The van der Waals surface area contributed by atoms with Gasteiger partial charge in [-0.3, -0.25) is 9.69 Å². The molecule has 3 rings (SSSR count). The van der Waals surface area contributed by atoms with Crippen molar-refractivity contribution in [3.63, 3.8) is 0 Å². The van der Waals surface area contributed by atoms with Crippen molar-refractivity contribution in [2.75, 3.05) is 18.4 Å². The third-order valence-corrected chi connectivity index (χ3v) is 4.80. The standard InChI is InChI=1S/C20H26N2O3/c23-15-19-8-7-18(25-19)14-22-12-10-16(11-13-22)6-9-20(24)21-17-4-2-1-3-5-17/h1-5,7-8,16,23H,6,9-15H2,(H,21,24). The fraction of sp³-hybridized carbons (Fsp3) is 0.450. The predicted molar refractivity (Wildman–Crippen MR) is 96.9 cm³/mol. The van der Waals surface area contributed by atoms with Crippen LogP contribution in [0.1, 0.15) is 37.2 Å². The highest BCUT2D eigenvalue weighted by molar-refractivity contribution is 5.90. The molecule has 0 unspecified atom stereocenters. The number of hydrogen-bond donors (Lipinski definition) is 2. The number of hydrogen-bond acceptors (Lipinski definition) is 4. The average Bonchev–Trinajstić information content (AvgIpc) is 3.10. The van der Waals surface area contributed by atoms with Gasteiger partial charge in [-0.25, -0.2) is 0 Å². The number of carbonyl (C=O) groups is 1. The molecule has 1 fully saturated rings. The van der Waals surface area contributed by atoms with Gasteiger partial charge in [-0.15, -0.1) is 0 Å². The van der Waals surface area contributed by atoms with Gasteiger partial charge in [0.15, 0.2) is 0 Å². The Kier molecular flexibility index (Phi) is 6.25. The molecule has 5 heteroatoms. The maximum atomic E-state index is 12.0. The van der Waals surface area contributed by atoms with Gasteiger partial charge in [-0.2, -0.15) is 0 Å². The molecule has 1 aliphatic rings. The first-order valence-corrected chi connectivity index (χ1v) is 8.98. The van der Waals surface area contributed by atoms with Crippen LogP contribution in [-0.2, 0) is 17.9 Å². The molecule has 1 saturated heterocycles. The molecular formula is C20H26N2O3. The first kappa shape index (κ1) is 17.7. The van der Waals surface area contributed by atoms with Crippen LogP contribution in [-0.4, -0.2) is 29.0 Å². The molecule has 2 N–H and O–H groups in total. The van der Waals surface area contributed by atoms with E-state index < -0.39 is 0 Å². The SMILES string of the molecule is O=C(CCC1CCN(Cc2ccc(CO)o2)CC1)Nc1ccccc1. The lowest BCUT2D eigenvalue weighted by atomic mass is 9.92. The summed E-state index contributed by atoms with van der Waals surface area (Å²) in [5.74, 6) is 2.24. The topological polar surface area (TPSA) is 65.7 Å². The summed E-state index contributed by atoms with van der Waals surface area (Å²) in [5.41, 5.74) is 0.864. The molecular weight excluding hydrogens is 316 g/mol. The first-order valence-electron chi connectivity index (χ1n) is 8.98. The zero-order chi connectivity index (χ0) is 17.5. The third kappa shape index (κ3) is 5.44. The lowest BCUT2D eigenvalue weighted by molar-refractivity contribution is -0.116. The van der Waals surface area contributed by atoms with E-state index in [4.69, 9.17) is 9.52 Å². The zero-order valence-corrected chi connectivity index (χ0v) is 14.5. The van der Waals surface area contributed by atoms with Gasteiger partial charge in [-0.1, -0.05) is 18.2 Å². The summed E-state index contributed by atoms with van der Waals surface area (Å²) >= 11 is 0. The number of nitrogens with zero attached hydrogens (tertiary/aromatic N) is 1. The smallest absolute Gasteiger partial charge is 0.224 e. The number of benzene rings is 1. The van der Waals surface area contributed by atoms with Crippen LogP contribution < -0.4 is 5.32 Å². The summed E-state index contributed by atoms with van der Waals surface area (Å²) in [4.78, 5) is 14.4. The Morgan fingerprint density at radius 3 is 2.52 bits per heavy atom. The van der Waals surface area contributed by atoms with E-state index in [-0.39, 0.29) is 12.5 Å². The number of anilines is 1. The van der Waals surface area contributed by atoms with Crippen molar-refractivity contribution in [1.82, 2.24) is 4.90 Å². The van der Waals surface area contributed by atoms with Gasteiger partial charge in [0.05, 0.1) is 6.54 Å². The largest absolute Gasteiger partial charge is 0.462 e. The third-order valence-electron chi connectivity index (χ3n) is 4.80. The van der Waals surface area contributed by atoms with Crippen molar-refractivity contribution in [3.8, 4) is 0 Å². The molecule has 2 aromatic rings. The molecule has 5 nitrogen and oxygen atoms in total. The second-order valence-corrected chi connectivity index (χ2v) is 6.70. The van der Waals surface area contributed by atoms with Crippen molar-refractivity contribution in [3.05, 3.63) is 54.0 Å². The monoisotopic (exact) mass is 342 g/mol. The van der Waals surface area contributed by atoms with Crippen molar-refractivity contribution in [1.29, 1.82) is 0 Å². The predicted octanol–water partition coefficient (Wildman–Crippen LogP) is 3.40. The van der Waals surface area contributed by atoms with Crippen LogP contribution in [0.2, 0.25) is 0 Å². The maximum Gasteiger partial charge on any atom is 0.224 e. The molecule has 0 saturated carbocycles. The van der Waals surface area contributed by atoms with Crippen molar-refractivity contribution in [2.45, 2.75) is 38.8 Å². The van der Waals surface area contributed by atoms with Gasteiger partial charge in [-0.05, 0) is 62.5 Å². The van der Waals surface area contributed by atoms with E-state index in [0.29, 0.717) is 18.1 Å². The Bertz CT molecular complexity index is 661. The van der Waals surface area contributed by atoms with E-state index in [0.717, 1.165) is 50.3 Å². The van der Waals surface area contributed by atoms with Crippen LogP contribution in [0.15, 0.2) is 46.9 Å². The normalized spacial score (nSPS) is 16.0. The Hall–Kier alpha value is -2.11. The lowest BCUT2D eigenvalue weighted by Gasteiger charge is -2.31. The molecule has 0 aliphatic carbocycles. The second kappa shape index (κ2) is 8.83. The van der Waals surface area contributed by atoms with Gasteiger partial charge in [0.25, 0.3) is 0 Å². The van der Waals surface area contributed by atoms with Gasteiger partial charge in [0.1, 0.15) is 18.1 Å². The fourth-order valence-corrected chi connectivity index (χ4v) is 3.33. The Morgan fingerprint density at radius 1 is 1.12 bits per heavy atom. The van der Waals surface area contributed by atoms with E-state index in [1.165, 1.54) is 0 Å². The molecule has 0 atom stereocenters. The molecule has 1 amide bonds. The minimum absolute atomic E-state index is 0.0485. The highest BCUT2D eigenvalue weighted by Crippen LogP contribution is 2.24. The van der Waals surface area contributed by atoms with Gasteiger partial charge >= 0.3 is 0 Å². The molecule has 2 heterocycles. The molecule has 1 aromatic heterocycles. The Balaban J connectivity index is 1.35. The molecule has 0 spiro atoms. The van der Waals surface area contributed by atoms with Crippen LogP contribution >= 0.6 is 0 Å². The molecule has 0 radical (unpaired) electrons. The number of piperidine rings is 1. The minimum Gasteiger partial charge on any atom is -0.462 e. The van der Waals surface area contributed by atoms with E-state index >= 15 is 0 Å². The van der Waals surface area contributed by atoms with Crippen molar-refractivity contribution in [2.24, 2.45) is 5.92 Å². The number of furan rings is 1.